The van der Waals surface area contributed by atoms with Crippen LogP contribution in [0.15, 0.2) is 24.3 Å². The van der Waals surface area contributed by atoms with Crippen molar-refractivity contribution in [3.63, 3.8) is 0 Å². The van der Waals surface area contributed by atoms with E-state index in [4.69, 9.17) is 0 Å². The zero-order chi connectivity index (χ0) is 18.0. The summed E-state index contributed by atoms with van der Waals surface area (Å²) in [5, 5.41) is 19.8. The molecule has 1 aromatic carbocycles. The molecule has 0 spiro atoms. The molecule has 2 rings (SSSR count). The SMILES string of the molecule is CCC[C@]1(C(=O)O)CCN(Cc2ccc(C(F)(F)F)cc2)C[C@@H]1O. The number of hydrogen-bond acceptors (Lipinski definition) is 3. The van der Waals surface area contributed by atoms with Crippen LogP contribution in [0.1, 0.15) is 37.3 Å². The number of piperidine rings is 1. The third kappa shape index (κ3) is 3.89. The zero-order valence-electron chi connectivity index (χ0n) is 13.5. The number of halogens is 3. The number of aliphatic carboxylic acids is 1. The summed E-state index contributed by atoms with van der Waals surface area (Å²) in [6, 6.07) is 4.91. The normalized spacial score (nSPS) is 25.6. The number of hydrogen-bond donors (Lipinski definition) is 2. The molecule has 0 radical (unpaired) electrons. The lowest BCUT2D eigenvalue weighted by Gasteiger charge is -2.42. The summed E-state index contributed by atoms with van der Waals surface area (Å²) >= 11 is 0. The third-order valence-corrected chi connectivity index (χ3v) is 4.75. The van der Waals surface area contributed by atoms with E-state index in [0.29, 0.717) is 37.9 Å². The first-order valence-electron chi connectivity index (χ1n) is 7.99. The average Bonchev–Trinajstić information content (AvgIpc) is 2.49. The Morgan fingerprint density at radius 3 is 2.42 bits per heavy atom. The van der Waals surface area contributed by atoms with Crippen LogP contribution in [0, 0.1) is 5.41 Å². The van der Waals surface area contributed by atoms with E-state index in [0.717, 1.165) is 12.1 Å². The smallest absolute Gasteiger partial charge is 0.416 e. The number of β-amino-alcohol motifs (C(OH)–C–C–N with tert-alkyl or cyclic N) is 1. The molecule has 1 heterocycles. The minimum Gasteiger partial charge on any atom is -0.481 e. The van der Waals surface area contributed by atoms with E-state index < -0.39 is 29.2 Å². The van der Waals surface area contributed by atoms with Crippen molar-refractivity contribution in [1.29, 1.82) is 0 Å². The molecule has 2 N–H and O–H groups in total. The maximum atomic E-state index is 12.6. The lowest BCUT2D eigenvalue weighted by molar-refractivity contribution is -0.164. The van der Waals surface area contributed by atoms with Crippen molar-refractivity contribution in [3.8, 4) is 0 Å². The summed E-state index contributed by atoms with van der Waals surface area (Å²) in [5.41, 5.74) is -1.11. The van der Waals surface area contributed by atoms with Gasteiger partial charge in [0.1, 0.15) is 0 Å². The maximum Gasteiger partial charge on any atom is 0.416 e. The van der Waals surface area contributed by atoms with Gasteiger partial charge in [0.15, 0.2) is 0 Å². The summed E-state index contributed by atoms with van der Waals surface area (Å²) in [4.78, 5) is 13.5. The highest BCUT2D eigenvalue weighted by Crippen LogP contribution is 2.37. The molecular weight excluding hydrogens is 323 g/mol. The number of likely N-dealkylation sites (tertiary alicyclic amines) is 1. The van der Waals surface area contributed by atoms with Gasteiger partial charge in [0.05, 0.1) is 17.1 Å². The van der Waals surface area contributed by atoms with Crippen LogP contribution in [0.3, 0.4) is 0 Å². The largest absolute Gasteiger partial charge is 0.481 e. The molecule has 0 aliphatic carbocycles. The second-order valence-corrected chi connectivity index (χ2v) is 6.41. The van der Waals surface area contributed by atoms with Crippen LogP contribution in [0.2, 0.25) is 0 Å². The monoisotopic (exact) mass is 345 g/mol. The minimum atomic E-state index is -4.36. The number of aliphatic hydroxyl groups is 1. The number of aliphatic hydroxyl groups excluding tert-OH is 1. The first kappa shape index (κ1) is 18.7. The van der Waals surface area contributed by atoms with Crippen molar-refractivity contribution in [2.24, 2.45) is 5.41 Å². The topological polar surface area (TPSA) is 60.8 Å². The Hall–Kier alpha value is -1.60. The molecule has 4 nitrogen and oxygen atoms in total. The third-order valence-electron chi connectivity index (χ3n) is 4.75. The van der Waals surface area contributed by atoms with E-state index in [1.807, 2.05) is 11.8 Å². The molecule has 0 amide bonds. The van der Waals surface area contributed by atoms with E-state index in [9.17, 15) is 28.2 Å². The lowest BCUT2D eigenvalue weighted by atomic mass is 9.73. The van der Waals surface area contributed by atoms with Gasteiger partial charge < -0.3 is 10.2 Å². The van der Waals surface area contributed by atoms with Crippen molar-refractivity contribution in [2.75, 3.05) is 13.1 Å². The fourth-order valence-electron chi connectivity index (χ4n) is 3.33. The van der Waals surface area contributed by atoms with Gasteiger partial charge in [-0.1, -0.05) is 25.5 Å². The van der Waals surface area contributed by atoms with Crippen molar-refractivity contribution in [2.45, 2.75) is 45.0 Å². The van der Waals surface area contributed by atoms with E-state index in [2.05, 4.69) is 0 Å². The van der Waals surface area contributed by atoms with Crippen LogP contribution in [0.5, 0.6) is 0 Å². The van der Waals surface area contributed by atoms with Crippen LogP contribution in [0.25, 0.3) is 0 Å². The van der Waals surface area contributed by atoms with Crippen molar-refractivity contribution in [3.05, 3.63) is 35.4 Å². The second-order valence-electron chi connectivity index (χ2n) is 6.41. The molecule has 0 aromatic heterocycles. The van der Waals surface area contributed by atoms with Gasteiger partial charge in [-0.25, -0.2) is 0 Å². The van der Waals surface area contributed by atoms with Gasteiger partial charge in [-0.3, -0.25) is 9.69 Å². The molecule has 1 saturated heterocycles. The molecule has 1 aromatic rings. The highest BCUT2D eigenvalue weighted by atomic mass is 19.4. The molecule has 1 aliphatic heterocycles. The van der Waals surface area contributed by atoms with Gasteiger partial charge in [-0.2, -0.15) is 13.2 Å². The highest BCUT2D eigenvalue weighted by molar-refractivity contribution is 5.75. The Bertz CT molecular complexity index is 573. The molecule has 1 aliphatic rings. The summed E-state index contributed by atoms with van der Waals surface area (Å²) < 4.78 is 37.7. The molecule has 2 atom stereocenters. The molecule has 7 heteroatoms. The lowest BCUT2D eigenvalue weighted by Crippen LogP contribution is -2.54. The number of rotatable bonds is 5. The van der Waals surface area contributed by atoms with Gasteiger partial charge in [-0.05, 0) is 37.1 Å². The predicted molar refractivity (Wildman–Crippen MR) is 82.3 cm³/mol. The summed E-state index contributed by atoms with van der Waals surface area (Å²) in [5.74, 6) is -0.981. The Labute approximate surface area is 138 Å². The average molecular weight is 345 g/mol. The van der Waals surface area contributed by atoms with Crippen LogP contribution in [-0.2, 0) is 17.5 Å². The van der Waals surface area contributed by atoms with E-state index in [1.54, 1.807) is 0 Å². The summed E-state index contributed by atoms with van der Waals surface area (Å²) in [6.07, 6.45) is -3.93. The molecule has 24 heavy (non-hydrogen) atoms. The van der Waals surface area contributed by atoms with Crippen molar-refractivity contribution < 1.29 is 28.2 Å². The Kier molecular flexibility index (Phi) is 5.55. The molecule has 0 bridgehead atoms. The van der Waals surface area contributed by atoms with Crippen molar-refractivity contribution >= 4 is 5.97 Å². The number of alkyl halides is 3. The molecule has 0 saturated carbocycles. The summed E-state index contributed by atoms with van der Waals surface area (Å²) in [7, 11) is 0. The maximum absolute atomic E-state index is 12.6. The molecule has 0 unspecified atom stereocenters. The fourth-order valence-corrected chi connectivity index (χ4v) is 3.33. The van der Waals surface area contributed by atoms with E-state index >= 15 is 0 Å². The number of nitrogens with zero attached hydrogens (tertiary/aromatic N) is 1. The summed E-state index contributed by atoms with van der Waals surface area (Å²) in [6.45, 7) is 2.96. The van der Waals surface area contributed by atoms with Crippen LogP contribution < -0.4 is 0 Å². The Balaban J connectivity index is 2.02. The quantitative estimate of drug-likeness (QED) is 0.861. The standard InChI is InChI=1S/C17H22F3NO3/c1-2-7-16(15(23)24)8-9-21(11-14(16)22)10-12-3-5-13(6-4-12)17(18,19)20/h3-6,14,22H,2,7-11H2,1H3,(H,23,24)/t14-,16-/m0/s1. The minimum absolute atomic E-state index is 0.202. The zero-order valence-corrected chi connectivity index (χ0v) is 13.5. The first-order chi connectivity index (χ1) is 11.2. The number of benzene rings is 1. The van der Waals surface area contributed by atoms with Gasteiger partial charge in [0.2, 0.25) is 0 Å². The van der Waals surface area contributed by atoms with Gasteiger partial charge >= 0.3 is 12.1 Å². The molecular formula is C17H22F3NO3. The fraction of sp³-hybridized carbons (Fsp3) is 0.588. The molecule has 1 fully saturated rings. The van der Waals surface area contributed by atoms with Crippen molar-refractivity contribution in [1.82, 2.24) is 4.90 Å². The van der Waals surface area contributed by atoms with E-state index in [-0.39, 0.29) is 6.54 Å². The Morgan fingerprint density at radius 2 is 1.96 bits per heavy atom. The van der Waals surface area contributed by atoms with Crippen LogP contribution in [0.4, 0.5) is 13.2 Å². The first-order valence-corrected chi connectivity index (χ1v) is 7.99. The number of carboxylic acid groups (broad SMARTS) is 1. The number of carboxylic acids is 1. The van der Waals surface area contributed by atoms with Crippen LogP contribution in [-0.4, -0.2) is 40.3 Å². The van der Waals surface area contributed by atoms with Gasteiger partial charge in [0, 0.05) is 13.1 Å². The van der Waals surface area contributed by atoms with E-state index in [1.165, 1.54) is 12.1 Å². The van der Waals surface area contributed by atoms with Gasteiger partial charge in [0.25, 0.3) is 0 Å². The Morgan fingerprint density at radius 1 is 1.33 bits per heavy atom. The van der Waals surface area contributed by atoms with Crippen LogP contribution >= 0.6 is 0 Å². The molecule has 134 valence electrons. The number of carbonyl (C=O) groups is 1. The highest BCUT2D eigenvalue weighted by Gasteiger charge is 2.47. The predicted octanol–water partition coefficient (Wildman–Crippen LogP) is 3.14. The second kappa shape index (κ2) is 7.11. The van der Waals surface area contributed by atoms with Gasteiger partial charge in [-0.15, -0.1) is 0 Å².